The maximum atomic E-state index is 12.7. The van der Waals surface area contributed by atoms with Crippen molar-refractivity contribution < 1.29 is 18.3 Å². The highest BCUT2D eigenvalue weighted by Crippen LogP contribution is 2.27. The van der Waals surface area contributed by atoms with Gasteiger partial charge in [-0.05, 0) is 54.5 Å². The monoisotopic (exact) mass is 404 g/mol. The number of para-hydroxylation sites is 1. The molecule has 28 heavy (non-hydrogen) atoms. The summed E-state index contributed by atoms with van der Waals surface area (Å²) in [4.78, 5) is 12.7. The maximum absolute atomic E-state index is 12.7. The van der Waals surface area contributed by atoms with E-state index in [-0.39, 0.29) is 22.8 Å². The fourth-order valence-electron chi connectivity index (χ4n) is 2.82. The molecule has 0 aliphatic carbocycles. The summed E-state index contributed by atoms with van der Waals surface area (Å²) in [5.74, 6) is -0.505. The molecule has 0 saturated heterocycles. The summed E-state index contributed by atoms with van der Waals surface area (Å²) >= 11 is 1.14. The number of rotatable bonds is 7. The van der Waals surface area contributed by atoms with Gasteiger partial charge >= 0.3 is 6.61 Å². The minimum Gasteiger partial charge on any atom is -0.434 e. The normalized spacial score (nSPS) is 11.1. The summed E-state index contributed by atoms with van der Waals surface area (Å²) < 4.78 is 31.3. The third-order valence-corrected chi connectivity index (χ3v) is 5.00. The Labute approximate surface area is 164 Å². The molecule has 0 aliphatic heterocycles. The Balaban J connectivity index is 1.82. The number of Topliss-reactive ketones (excluding diaryl/α,β-unsaturated/α-hetero) is 1. The summed E-state index contributed by atoms with van der Waals surface area (Å²) in [6.45, 7) is 2.67. The van der Waals surface area contributed by atoms with Gasteiger partial charge in [0.2, 0.25) is 5.16 Å². The van der Waals surface area contributed by atoms with E-state index < -0.39 is 6.61 Å². The van der Waals surface area contributed by atoms with Crippen LogP contribution in [-0.4, -0.2) is 38.4 Å². The van der Waals surface area contributed by atoms with Crippen LogP contribution in [0.2, 0.25) is 0 Å². The number of thioether (sulfide) groups is 1. The quantitative estimate of drug-likeness (QED) is 0.435. The Hall–Kier alpha value is -2.81. The van der Waals surface area contributed by atoms with E-state index in [0.29, 0.717) is 5.16 Å². The molecule has 0 bridgehead atoms. The molecule has 0 spiro atoms. The molecule has 0 unspecified atom stereocenters. The number of nitrogens with zero attached hydrogens (tertiary/aromatic N) is 4. The van der Waals surface area contributed by atoms with Gasteiger partial charge in [0.1, 0.15) is 5.75 Å². The van der Waals surface area contributed by atoms with Gasteiger partial charge in [-0.1, -0.05) is 41.6 Å². The fraction of sp³-hybridized carbons (Fsp3) is 0.263. The number of benzene rings is 2. The van der Waals surface area contributed by atoms with Crippen LogP contribution in [0.4, 0.5) is 8.78 Å². The van der Waals surface area contributed by atoms with Crippen LogP contribution >= 0.6 is 11.8 Å². The summed E-state index contributed by atoms with van der Waals surface area (Å²) in [6.07, 6.45) is 0. The van der Waals surface area contributed by atoms with Crippen LogP contribution in [0.3, 0.4) is 0 Å². The van der Waals surface area contributed by atoms with Crippen LogP contribution in [0.1, 0.15) is 27.0 Å². The van der Waals surface area contributed by atoms with Gasteiger partial charge in [0.25, 0.3) is 0 Å². The van der Waals surface area contributed by atoms with Gasteiger partial charge in [0.05, 0.1) is 17.0 Å². The number of aryl methyl sites for hydroxylation is 3. The molecule has 6 nitrogen and oxygen atoms in total. The maximum Gasteiger partial charge on any atom is 0.387 e. The predicted molar refractivity (Wildman–Crippen MR) is 101 cm³/mol. The molecule has 0 aliphatic rings. The summed E-state index contributed by atoms with van der Waals surface area (Å²) in [7, 11) is 0. The van der Waals surface area contributed by atoms with Gasteiger partial charge < -0.3 is 4.74 Å². The molecule has 0 saturated carbocycles. The molecule has 0 radical (unpaired) electrons. The average molecular weight is 404 g/mol. The number of alkyl halides is 2. The average Bonchev–Trinajstić information content (AvgIpc) is 3.09. The van der Waals surface area contributed by atoms with Crippen molar-refractivity contribution in [2.75, 3.05) is 5.75 Å². The second-order valence-corrected chi connectivity index (χ2v) is 7.15. The number of carbonyl (C=O) groups excluding carboxylic acids is 1. The largest absolute Gasteiger partial charge is 0.434 e. The Morgan fingerprint density at radius 3 is 2.57 bits per heavy atom. The molecule has 1 aromatic heterocycles. The summed E-state index contributed by atoms with van der Waals surface area (Å²) in [5, 5.41) is 12.2. The highest BCUT2D eigenvalue weighted by Gasteiger charge is 2.19. The smallest absolute Gasteiger partial charge is 0.387 e. The number of carbonyl (C=O) groups is 1. The molecule has 3 rings (SSSR count). The molecule has 3 aromatic rings. The Kier molecular flexibility index (Phi) is 6.03. The number of aromatic nitrogens is 4. The molecular formula is C19H18F2N4O2S. The van der Waals surface area contributed by atoms with Gasteiger partial charge in [0, 0.05) is 0 Å². The molecule has 1 heterocycles. The van der Waals surface area contributed by atoms with Crippen LogP contribution in [0.25, 0.3) is 5.69 Å². The van der Waals surface area contributed by atoms with Crippen molar-refractivity contribution in [1.82, 2.24) is 20.2 Å². The van der Waals surface area contributed by atoms with Gasteiger partial charge in [-0.15, -0.1) is 5.10 Å². The molecule has 0 fully saturated rings. The van der Waals surface area contributed by atoms with Crippen molar-refractivity contribution in [2.45, 2.75) is 32.5 Å². The lowest BCUT2D eigenvalue weighted by Crippen LogP contribution is -2.11. The molecule has 2 aromatic carbocycles. The van der Waals surface area contributed by atoms with Crippen LogP contribution in [0.15, 0.2) is 41.6 Å². The van der Waals surface area contributed by atoms with E-state index in [1.54, 1.807) is 17.7 Å². The highest BCUT2D eigenvalue weighted by molar-refractivity contribution is 7.99. The first-order valence-electron chi connectivity index (χ1n) is 8.43. The minimum atomic E-state index is -3.00. The third kappa shape index (κ3) is 4.36. The molecule has 0 amide bonds. The van der Waals surface area contributed by atoms with Crippen LogP contribution < -0.4 is 4.74 Å². The minimum absolute atomic E-state index is 0.0195. The first-order chi connectivity index (χ1) is 13.4. The summed E-state index contributed by atoms with van der Waals surface area (Å²) in [5.41, 5.74) is 3.72. The van der Waals surface area contributed by atoms with Crippen molar-refractivity contribution in [3.63, 3.8) is 0 Å². The number of hydrogen-bond acceptors (Lipinski definition) is 6. The molecule has 0 atom stereocenters. The lowest BCUT2D eigenvalue weighted by molar-refractivity contribution is -0.0501. The summed E-state index contributed by atoms with van der Waals surface area (Å²) in [6, 6.07) is 10.4. The number of ether oxygens (including phenoxy) is 1. The van der Waals surface area contributed by atoms with E-state index in [1.165, 1.54) is 12.1 Å². The van der Waals surface area contributed by atoms with Crippen LogP contribution in [0, 0.1) is 20.8 Å². The standard InChI is InChI=1S/C19H18F2N4O2S/c1-11-7-8-16(27-18(20)21)14(9-11)15(26)10-28-19-22-23-24-25(19)17-12(2)5-4-6-13(17)3/h4-9,18H,10H2,1-3H3. The van der Waals surface area contributed by atoms with Crippen LogP contribution in [-0.2, 0) is 0 Å². The number of hydrogen-bond donors (Lipinski definition) is 0. The first-order valence-corrected chi connectivity index (χ1v) is 9.42. The third-order valence-electron chi connectivity index (χ3n) is 4.08. The second-order valence-electron chi connectivity index (χ2n) is 6.20. The fourth-order valence-corrected chi connectivity index (χ4v) is 3.58. The zero-order valence-electron chi connectivity index (χ0n) is 15.5. The van der Waals surface area contributed by atoms with E-state index >= 15 is 0 Å². The van der Waals surface area contributed by atoms with Crippen molar-refractivity contribution in [3.8, 4) is 11.4 Å². The van der Waals surface area contributed by atoms with Gasteiger partial charge in [-0.3, -0.25) is 4.79 Å². The van der Waals surface area contributed by atoms with Crippen molar-refractivity contribution >= 4 is 17.5 Å². The number of tetrazole rings is 1. The van der Waals surface area contributed by atoms with Gasteiger partial charge in [0.15, 0.2) is 5.78 Å². The lowest BCUT2D eigenvalue weighted by Gasteiger charge is -2.12. The van der Waals surface area contributed by atoms with E-state index in [2.05, 4.69) is 20.3 Å². The van der Waals surface area contributed by atoms with Gasteiger partial charge in [-0.2, -0.15) is 13.5 Å². The van der Waals surface area contributed by atoms with E-state index in [0.717, 1.165) is 34.1 Å². The number of halogens is 2. The Bertz CT molecular complexity index is 987. The zero-order valence-corrected chi connectivity index (χ0v) is 16.3. The highest BCUT2D eigenvalue weighted by atomic mass is 32.2. The van der Waals surface area contributed by atoms with Crippen molar-refractivity contribution in [1.29, 1.82) is 0 Å². The van der Waals surface area contributed by atoms with Crippen molar-refractivity contribution in [2.24, 2.45) is 0 Å². The topological polar surface area (TPSA) is 69.9 Å². The molecule has 146 valence electrons. The zero-order chi connectivity index (χ0) is 20.3. The second kappa shape index (κ2) is 8.47. The Morgan fingerprint density at radius 2 is 1.89 bits per heavy atom. The first kappa shape index (κ1) is 19.9. The Morgan fingerprint density at radius 1 is 1.18 bits per heavy atom. The van der Waals surface area contributed by atoms with Crippen LogP contribution in [0.5, 0.6) is 5.75 Å². The van der Waals surface area contributed by atoms with Gasteiger partial charge in [-0.25, -0.2) is 0 Å². The lowest BCUT2D eigenvalue weighted by atomic mass is 10.1. The molecule has 9 heteroatoms. The molecule has 0 N–H and O–H groups in total. The van der Waals surface area contributed by atoms with E-state index in [4.69, 9.17) is 0 Å². The molecular weight excluding hydrogens is 386 g/mol. The van der Waals surface area contributed by atoms with Crippen molar-refractivity contribution in [3.05, 3.63) is 58.7 Å². The predicted octanol–water partition coefficient (Wildman–Crippen LogP) is 4.16. The SMILES string of the molecule is Cc1ccc(OC(F)F)c(C(=O)CSc2nnnn2-c2c(C)cccc2C)c1. The van der Waals surface area contributed by atoms with E-state index in [1.807, 2.05) is 32.0 Å². The number of ketones is 1. The van der Waals surface area contributed by atoms with E-state index in [9.17, 15) is 13.6 Å².